The van der Waals surface area contributed by atoms with Crippen molar-refractivity contribution in [2.45, 2.75) is 6.54 Å². The molecule has 10 heteroatoms. The number of aromatic nitrogens is 1. The number of amides is 1. The molecule has 0 bridgehead atoms. The first-order chi connectivity index (χ1) is 14.4. The van der Waals surface area contributed by atoms with Crippen molar-refractivity contribution in [3.63, 3.8) is 0 Å². The molecule has 0 saturated heterocycles. The molecule has 30 heavy (non-hydrogen) atoms. The monoisotopic (exact) mass is 462 g/mol. The van der Waals surface area contributed by atoms with Gasteiger partial charge in [-0.1, -0.05) is 46.7 Å². The summed E-state index contributed by atoms with van der Waals surface area (Å²) in [6.45, 7) is -0.232. The van der Waals surface area contributed by atoms with Crippen molar-refractivity contribution in [3.05, 3.63) is 73.3 Å². The molecule has 0 aliphatic carbocycles. The minimum Gasteiger partial charge on any atom is -0.468 e. The van der Waals surface area contributed by atoms with Crippen molar-refractivity contribution >= 4 is 67.6 Å². The number of rotatable bonds is 3. The van der Waals surface area contributed by atoms with Crippen LogP contribution in [0.2, 0.25) is 10.0 Å². The highest BCUT2D eigenvalue weighted by Crippen LogP contribution is 2.32. The fraction of sp³-hybridized carbons (Fsp3) is 0.100. The van der Waals surface area contributed by atoms with Gasteiger partial charge in [-0.15, -0.1) is 0 Å². The third kappa shape index (κ3) is 3.65. The van der Waals surface area contributed by atoms with Crippen LogP contribution in [-0.2, 0) is 16.1 Å². The van der Waals surface area contributed by atoms with Crippen LogP contribution in [-0.4, -0.2) is 23.6 Å². The van der Waals surface area contributed by atoms with Crippen LogP contribution in [0, 0.1) is 0 Å². The van der Waals surface area contributed by atoms with Crippen LogP contribution < -0.4 is 10.2 Å². The normalized spacial score (nSPS) is 11.9. The van der Waals surface area contributed by atoms with Gasteiger partial charge in [0, 0.05) is 6.07 Å². The summed E-state index contributed by atoms with van der Waals surface area (Å²) in [5.74, 6) is -1.55. The number of ether oxygens (including phenoxy) is 1. The summed E-state index contributed by atoms with van der Waals surface area (Å²) in [6.07, 6.45) is 0. The largest absolute Gasteiger partial charge is 0.468 e. The Labute approximate surface area is 182 Å². The number of hydrogen-bond donors (Lipinski definition) is 0. The van der Waals surface area contributed by atoms with Crippen molar-refractivity contribution in [3.8, 4) is 0 Å². The highest BCUT2D eigenvalue weighted by Gasteiger charge is 2.17. The second kappa shape index (κ2) is 8.06. The highest BCUT2D eigenvalue weighted by atomic mass is 35.5. The van der Waals surface area contributed by atoms with Gasteiger partial charge in [-0.25, -0.2) is 0 Å². The molecule has 0 aliphatic rings. The molecule has 0 aliphatic heterocycles. The predicted octanol–water partition coefficient (Wildman–Crippen LogP) is 4.03. The summed E-state index contributed by atoms with van der Waals surface area (Å²) in [5, 5.41) is 0.873. The molecule has 4 rings (SSSR count). The number of thiazole rings is 1. The van der Waals surface area contributed by atoms with Crippen LogP contribution in [0.25, 0.3) is 21.2 Å². The summed E-state index contributed by atoms with van der Waals surface area (Å²) in [7, 11) is 1.25. The van der Waals surface area contributed by atoms with Gasteiger partial charge in [0.1, 0.15) is 12.1 Å². The van der Waals surface area contributed by atoms with E-state index < -0.39 is 11.9 Å². The van der Waals surface area contributed by atoms with Crippen LogP contribution in [0.5, 0.6) is 0 Å². The Morgan fingerprint density at radius 1 is 1.20 bits per heavy atom. The number of carbonyl (C=O) groups is 2. The number of benzene rings is 2. The molecule has 0 N–H and O–H groups in total. The first-order valence-electron chi connectivity index (χ1n) is 8.55. The molecule has 0 unspecified atom stereocenters. The zero-order valence-corrected chi connectivity index (χ0v) is 17.7. The fourth-order valence-corrected chi connectivity index (χ4v) is 4.39. The Bertz CT molecular complexity index is 1450. The van der Waals surface area contributed by atoms with Gasteiger partial charge < -0.3 is 13.7 Å². The van der Waals surface area contributed by atoms with Gasteiger partial charge in [-0.05, 0) is 24.3 Å². The molecule has 4 aromatic rings. The van der Waals surface area contributed by atoms with E-state index in [-0.39, 0.29) is 33.1 Å². The van der Waals surface area contributed by atoms with Gasteiger partial charge in [0.2, 0.25) is 0 Å². The molecular formula is C20H12Cl2N2O5S. The second-order valence-corrected chi connectivity index (χ2v) is 7.94. The molecule has 2 aromatic carbocycles. The third-order valence-corrected chi connectivity index (χ3v) is 6.13. The summed E-state index contributed by atoms with van der Waals surface area (Å²) in [5.41, 5.74) is 0.368. The first-order valence-corrected chi connectivity index (χ1v) is 10.1. The molecule has 7 nitrogen and oxygen atoms in total. The molecule has 0 saturated carbocycles. The Balaban J connectivity index is 1.91. The summed E-state index contributed by atoms with van der Waals surface area (Å²) >= 11 is 13.6. The maximum Gasteiger partial charge on any atom is 0.325 e. The number of fused-ring (bicyclic) bond motifs is 2. The number of halogens is 2. The lowest BCUT2D eigenvalue weighted by Crippen LogP contribution is -2.22. The van der Waals surface area contributed by atoms with E-state index in [2.05, 4.69) is 4.99 Å². The second-order valence-electron chi connectivity index (χ2n) is 6.14. The molecule has 0 atom stereocenters. The van der Waals surface area contributed by atoms with Gasteiger partial charge in [-0.2, -0.15) is 4.99 Å². The number of carbonyl (C=O) groups excluding carboxylic acids is 2. The molecule has 152 valence electrons. The van der Waals surface area contributed by atoms with Gasteiger partial charge >= 0.3 is 11.9 Å². The molecule has 0 radical (unpaired) electrons. The molecular weight excluding hydrogens is 451 g/mol. The molecule has 2 heterocycles. The average Bonchev–Trinajstić information content (AvgIpc) is 3.08. The SMILES string of the molecule is COC(=O)Cn1c(=NC(=O)c2cc(=O)c3ccccc3o2)sc2ccc(Cl)c(Cl)c21. The van der Waals surface area contributed by atoms with Gasteiger partial charge in [0.25, 0.3) is 0 Å². The summed E-state index contributed by atoms with van der Waals surface area (Å²) in [4.78, 5) is 41.2. The van der Waals surface area contributed by atoms with E-state index in [1.54, 1.807) is 36.4 Å². The van der Waals surface area contributed by atoms with E-state index in [9.17, 15) is 14.4 Å². The van der Waals surface area contributed by atoms with E-state index in [1.165, 1.54) is 11.7 Å². The predicted molar refractivity (Wildman–Crippen MR) is 114 cm³/mol. The minimum absolute atomic E-state index is 0.181. The lowest BCUT2D eigenvalue weighted by molar-refractivity contribution is -0.141. The van der Waals surface area contributed by atoms with Crippen molar-refractivity contribution in [2.75, 3.05) is 7.11 Å². The Hall–Kier alpha value is -2.94. The molecule has 0 spiro atoms. The van der Waals surface area contributed by atoms with E-state index in [0.29, 0.717) is 20.6 Å². The van der Waals surface area contributed by atoms with Crippen molar-refractivity contribution in [2.24, 2.45) is 4.99 Å². The minimum atomic E-state index is -0.773. The van der Waals surface area contributed by atoms with Crippen LogP contribution >= 0.6 is 34.5 Å². The summed E-state index contributed by atoms with van der Waals surface area (Å²) in [6, 6.07) is 11.0. The van der Waals surface area contributed by atoms with Gasteiger partial charge in [0.15, 0.2) is 16.0 Å². The number of nitrogens with zero attached hydrogens (tertiary/aromatic N) is 2. The zero-order chi connectivity index (χ0) is 21.4. The first kappa shape index (κ1) is 20.3. The van der Waals surface area contributed by atoms with Crippen LogP contribution in [0.4, 0.5) is 0 Å². The van der Waals surface area contributed by atoms with Crippen LogP contribution in [0.15, 0.2) is 56.7 Å². The van der Waals surface area contributed by atoms with Crippen LogP contribution in [0.1, 0.15) is 10.6 Å². The highest BCUT2D eigenvalue weighted by molar-refractivity contribution is 7.16. The Kier molecular flexibility index (Phi) is 5.46. The Morgan fingerprint density at radius 3 is 2.73 bits per heavy atom. The standard InChI is InChI=1S/C20H12Cl2N2O5S/c1-28-16(26)9-24-18-15(7-6-11(21)17(18)22)30-20(24)23-19(27)14-8-12(25)10-4-2-3-5-13(10)29-14/h2-8H,9H2,1H3. The number of methoxy groups -OCH3 is 1. The fourth-order valence-electron chi connectivity index (χ4n) is 2.88. The number of para-hydroxylation sites is 1. The maximum atomic E-state index is 12.8. The van der Waals surface area contributed by atoms with Crippen molar-refractivity contribution in [1.82, 2.24) is 4.57 Å². The lowest BCUT2D eigenvalue weighted by atomic mass is 10.2. The van der Waals surface area contributed by atoms with E-state index in [1.807, 2.05) is 0 Å². The maximum absolute atomic E-state index is 12.8. The van der Waals surface area contributed by atoms with Gasteiger partial charge in [0.05, 0.1) is 32.8 Å². The third-order valence-electron chi connectivity index (χ3n) is 4.29. The van der Waals surface area contributed by atoms with Gasteiger partial charge in [-0.3, -0.25) is 14.4 Å². The summed E-state index contributed by atoms with van der Waals surface area (Å²) < 4.78 is 12.4. The quantitative estimate of drug-likeness (QED) is 0.428. The number of hydrogen-bond acceptors (Lipinski definition) is 6. The van der Waals surface area contributed by atoms with E-state index >= 15 is 0 Å². The zero-order valence-electron chi connectivity index (χ0n) is 15.3. The average molecular weight is 463 g/mol. The van der Waals surface area contributed by atoms with E-state index in [0.717, 1.165) is 17.4 Å². The smallest absolute Gasteiger partial charge is 0.325 e. The van der Waals surface area contributed by atoms with E-state index in [4.69, 9.17) is 32.4 Å². The lowest BCUT2D eigenvalue weighted by Gasteiger charge is -2.06. The van der Waals surface area contributed by atoms with Crippen molar-refractivity contribution in [1.29, 1.82) is 0 Å². The molecule has 1 amide bonds. The topological polar surface area (TPSA) is 90.9 Å². The number of esters is 1. The van der Waals surface area contributed by atoms with Crippen LogP contribution in [0.3, 0.4) is 0 Å². The van der Waals surface area contributed by atoms with Crippen molar-refractivity contribution < 1.29 is 18.7 Å². The molecule has 2 aromatic heterocycles. The Morgan fingerprint density at radius 2 is 1.97 bits per heavy atom. The molecule has 0 fully saturated rings.